The van der Waals surface area contributed by atoms with Gasteiger partial charge in [-0.1, -0.05) is 18.5 Å². The van der Waals surface area contributed by atoms with Gasteiger partial charge in [-0.3, -0.25) is 0 Å². The Bertz CT molecular complexity index is 78.6. The van der Waals surface area contributed by atoms with E-state index in [0.29, 0.717) is 0 Å². The number of rotatable bonds is 3. The van der Waals surface area contributed by atoms with E-state index in [1.807, 2.05) is 6.92 Å². The Morgan fingerprint density at radius 2 is 2.38 bits per heavy atom. The minimum atomic E-state index is 1.18. The molecule has 0 amide bonds. The van der Waals surface area contributed by atoms with Gasteiger partial charge < -0.3 is 0 Å². The van der Waals surface area contributed by atoms with Crippen LogP contribution >= 0.6 is 23.4 Å². The SMILES string of the molecule is CCCS/C(C)=C/Cl. The highest BCUT2D eigenvalue weighted by Crippen LogP contribution is 2.15. The van der Waals surface area contributed by atoms with Gasteiger partial charge in [0.15, 0.2) is 0 Å². The fourth-order valence-electron chi connectivity index (χ4n) is 0.295. The van der Waals surface area contributed by atoms with Crippen LogP contribution in [0.5, 0.6) is 0 Å². The van der Waals surface area contributed by atoms with E-state index in [1.165, 1.54) is 17.1 Å². The first-order chi connectivity index (χ1) is 3.81. The lowest BCUT2D eigenvalue weighted by Crippen LogP contribution is -1.71. The third-order valence-corrected chi connectivity index (χ3v) is 2.33. The fourth-order valence-corrected chi connectivity index (χ4v) is 1.07. The lowest BCUT2D eigenvalue weighted by Gasteiger charge is -1.93. The maximum Gasteiger partial charge on any atom is 0.0135 e. The van der Waals surface area contributed by atoms with Gasteiger partial charge in [0, 0.05) is 5.54 Å². The monoisotopic (exact) mass is 150 g/mol. The number of hydrogen-bond donors (Lipinski definition) is 0. The summed E-state index contributed by atoms with van der Waals surface area (Å²) in [7, 11) is 0. The first-order valence-electron chi connectivity index (χ1n) is 2.71. The lowest BCUT2D eigenvalue weighted by atomic mass is 10.6. The molecule has 0 unspecified atom stereocenters. The lowest BCUT2D eigenvalue weighted by molar-refractivity contribution is 1.11. The normalized spacial score (nSPS) is 12.1. The van der Waals surface area contributed by atoms with Gasteiger partial charge in [-0.05, 0) is 24.0 Å². The van der Waals surface area contributed by atoms with E-state index in [-0.39, 0.29) is 0 Å². The van der Waals surface area contributed by atoms with Crippen molar-refractivity contribution in [1.29, 1.82) is 0 Å². The Balaban J connectivity index is 3.12. The molecule has 0 saturated heterocycles. The predicted octanol–water partition coefficient (Wildman–Crippen LogP) is 3.23. The van der Waals surface area contributed by atoms with E-state index in [0.717, 1.165) is 0 Å². The molecule has 0 aliphatic rings. The highest BCUT2D eigenvalue weighted by atomic mass is 35.5. The number of thioether (sulfide) groups is 1. The van der Waals surface area contributed by atoms with E-state index >= 15 is 0 Å². The van der Waals surface area contributed by atoms with Crippen molar-refractivity contribution in [3.05, 3.63) is 10.4 Å². The summed E-state index contributed by atoms with van der Waals surface area (Å²) >= 11 is 7.21. The summed E-state index contributed by atoms with van der Waals surface area (Å²) in [5.74, 6) is 1.18. The Morgan fingerprint density at radius 1 is 1.75 bits per heavy atom. The molecular weight excluding hydrogens is 140 g/mol. The Hall–Kier alpha value is 0.380. The van der Waals surface area contributed by atoms with Gasteiger partial charge >= 0.3 is 0 Å². The van der Waals surface area contributed by atoms with E-state index < -0.39 is 0 Å². The second-order valence-corrected chi connectivity index (χ2v) is 3.13. The minimum absolute atomic E-state index is 1.18. The first kappa shape index (κ1) is 8.38. The Kier molecular flexibility index (Phi) is 5.78. The largest absolute Gasteiger partial charge is 0.130 e. The predicted molar refractivity (Wildman–Crippen MR) is 42.4 cm³/mol. The molecule has 48 valence electrons. The van der Waals surface area contributed by atoms with Crippen molar-refractivity contribution in [1.82, 2.24) is 0 Å². The molecule has 0 N–H and O–H groups in total. The minimum Gasteiger partial charge on any atom is -0.130 e. The summed E-state index contributed by atoms with van der Waals surface area (Å²) in [5.41, 5.74) is 1.63. The average molecular weight is 151 g/mol. The van der Waals surface area contributed by atoms with Gasteiger partial charge in [-0.15, -0.1) is 11.8 Å². The van der Waals surface area contributed by atoms with Gasteiger partial charge in [0.05, 0.1) is 0 Å². The van der Waals surface area contributed by atoms with Crippen molar-refractivity contribution in [3.63, 3.8) is 0 Å². The van der Waals surface area contributed by atoms with E-state index in [1.54, 1.807) is 17.3 Å². The molecule has 0 aromatic heterocycles. The van der Waals surface area contributed by atoms with Crippen LogP contribution in [0.25, 0.3) is 0 Å². The van der Waals surface area contributed by atoms with Crippen molar-refractivity contribution < 1.29 is 0 Å². The maximum absolute atomic E-state index is 5.40. The summed E-state index contributed by atoms with van der Waals surface area (Å²) in [5, 5.41) is 0. The Morgan fingerprint density at radius 3 is 2.75 bits per heavy atom. The van der Waals surface area contributed by atoms with Gasteiger partial charge in [-0.2, -0.15) is 0 Å². The van der Waals surface area contributed by atoms with Crippen LogP contribution in [0.1, 0.15) is 20.3 Å². The van der Waals surface area contributed by atoms with Crippen LogP contribution in [0, 0.1) is 0 Å². The number of halogens is 1. The quantitative estimate of drug-likeness (QED) is 0.596. The molecule has 0 aromatic rings. The zero-order valence-corrected chi connectivity index (χ0v) is 6.85. The summed E-state index contributed by atoms with van der Waals surface area (Å²) < 4.78 is 0. The second kappa shape index (κ2) is 5.52. The fraction of sp³-hybridized carbons (Fsp3) is 0.667. The van der Waals surface area contributed by atoms with Crippen molar-refractivity contribution in [3.8, 4) is 0 Å². The number of hydrogen-bond acceptors (Lipinski definition) is 1. The molecule has 2 heteroatoms. The van der Waals surface area contributed by atoms with Crippen molar-refractivity contribution in [2.45, 2.75) is 20.3 Å². The summed E-state index contributed by atoms with van der Waals surface area (Å²) in [6, 6.07) is 0. The molecule has 0 aromatic carbocycles. The highest BCUT2D eigenvalue weighted by molar-refractivity contribution is 8.03. The van der Waals surface area contributed by atoms with Crippen LogP contribution in [-0.2, 0) is 0 Å². The molecule has 0 spiro atoms. The van der Waals surface area contributed by atoms with Crippen LogP contribution in [0.3, 0.4) is 0 Å². The van der Waals surface area contributed by atoms with E-state index in [9.17, 15) is 0 Å². The first-order valence-corrected chi connectivity index (χ1v) is 4.13. The van der Waals surface area contributed by atoms with Gasteiger partial charge in [-0.25, -0.2) is 0 Å². The van der Waals surface area contributed by atoms with Gasteiger partial charge in [0.2, 0.25) is 0 Å². The molecular formula is C6H11ClS. The zero-order chi connectivity index (χ0) is 6.41. The zero-order valence-electron chi connectivity index (χ0n) is 5.28. The van der Waals surface area contributed by atoms with Gasteiger partial charge in [0.1, 0.15) is 0 Å². The third-order valence-electron chi connectivity index (χ3n) is 0.688. The maximum atomic E-state index is 5.40. The summed E-state index contributed by atoms with van der Waals surface area (Å²) in [4.78, 5) is 1.20. The van der Waals surface area contributed by atoms with Crippen LogP contribution < -0.4 is 0 Å². The molecule has 0 fully saturated rings. The van der Waals surface area contributed by atoms with Crippen LogP contribution in [-0.4, -0.2) is 5.75 Å². The smallest absolute Gasteiger partial charge is 0.0135 e. The van der Waals surface area contributed by atoms with E-state index in [2.05, 4.69) is 6.92 Å². The molecule has 8 heavy (non-hydrogen) atoms. The number of allylic oxidation sites excluding steroid dienone is 1. The standard InChI is InChI=1S/C6H11ClS/c1-3-4-8-6(2)5-7/h5H,3-4H2,1-2H3/b6-5+. The van der Waals surface area contributed by atoms with Crippen molar-refractivity contribution >= 4 is 23.4 Å². The molecule has 0 aliphatic carbocycles. The van der Waals surface area contributed by atoms with Crippen molar-refractivity contribution in [2.24, 2.45) is 0 Å². The molecule has 0 rings (SSSR count). The molecule has 0 radical (unpaired) electrons. The Labute approximate surface area is 60.3 Å². The summed E-state index contributed by atoms with van der Waals surface area (Å²) in [6.07, 6.45) is 1.22. The molecule has 0 aliphatic heterocycles. The average Bonchev–Trinajstić information content (AvgIpc) is 1.83. The summed E-state index contributed by atoms with van der Waals surface area (Å²) in [6.45, 7) is 4.18. The van der Waals surface area contributed by atoms with Gasteiger partial charge in [0.25, 0.3) is 0 Å². The second-order valence-electron chi connectivity index (χ2n) is 1.57. The molecule has 0 saturated carbocycles. The topological polar surface area (TPSA) is 0 Å². The third kappa shape index (κ3) is 4.54. The van der Waals surface area contributed by atoms with Crippen LogP contribution in [0.15, 0.2) is 10.4 Å². The van der Waals surface area contributed by atoms with Crippen LogP contribution in [0.4, 0.5) is 0 Å². The van der Waals surface area contributed by atoms with E-state index in [4.69, 9.17) is 11.6 Å². The molecule has 0 heterocycles. The molecule has 0 atom stereocenters. The molecule has 0 bridgehead atoms. The highest BCUT2D eigenvalue weighted by Gasteiger charge is 1.85. The molecule has 0 nitrogen and oxygen atoms in total. The van der Waals surface area contributed by atoms with Crippen LogP contribution in [0.2, 0.25) is 0 Å². The van der Waals surface area contributed by atoms with Crippen molar-refractivity contribution in [2.75, 3.05) is 5.75 Å².